The number of nitro groups is 1. The van der Waals surface area contributed by atoms with Gasteiger partial charge in [-0.2, -0.15) is 0 Å². The minimum Gasteiger partial charge on any atom is -0.466 e. The van der Waals surface area contributed by atoms with Crippen molar-refractivity contribution in [1.82, 2.24) is 10.2 Å². The Morgan fingerprint density at radius 2 is 1.96 bits per heavy atom. The lowest BCUT2D eigenvalue weighted by Crippen LogP contribution is -2.47. The monoisotopic (exact) mass is 377 g/mol. The van der Waals surface area contributed by atoms with Crippen LogP contribution in [0.4, 0.5) is 11.4 Å². The molecule has 0 unspecified atom stereocenters. The van der Waals surface area contributed by atoms with Gasteiger partial charge in [0, 0.05) is 51.0 Å². The van der Waals surface area contributed by atoms with E-state index in [4.69, 9.17) is 4.74 Å². The lowest BCUT2D eigenvalue weighted by molar-refractivity contribution is -0.384. The van der Waals surface area contributed by atoms with E-state index in [0.717, 1.165) is 37.6 Å². The Kier molecular flexibility index (Phi) is 7.84. The van der Waals surface area contributed by atoms with Gasteiger partial charge < -0.3 is 20.3 Å². The van der Waals surface area contributed by atoms with Crippen molar-refractivity contribution in [3.05, 3.63) is 34.4 Å². The standard InChI is InChI=1S/C18H27N5O4/c1-3-27-17(24)14-8-12-22(13-9-14)18(19-2)21-11-10-20-15-4-6-16(7-5-15)23(25)26/h4-7,14,20H,3,8-13H2,1-2H3,(H,19,21). The zero-order valence-corrected chi connectivity index (χ0v) is 15.8. The van der Waals surface area contributed by atoms with E-state index >= 15 is 0 Å². The van der Waals surface area contributed by atoms with Crippen LogP contribution >= 0.6 is 0 Å². The van der Waals surface area contributed by atoms with Gasteiger partial charge in [0.25, 0.3) is 5.69 Å². The summed E-state index contributed by atoms with van der Waals surface area (Å²) in [6.07, 6.45) is 1.53. The Balaban J connectivity index is 1.71. The topological polar surface area (TPSA) is 109 Å². The van der Waals surface area contributed by atoms with E-state index in [1.165, 1.54) is 12.1 Å². The van der Waals surface area contributed by atoms with Gasteiger partial charge >= 0.3 is 5.97 Å². The van der Waals surface area contributed by atoms with Crippen LogP contribution in [-0.4, -0.2) is 61.6 Å². The van der Waals surface area contributed by atoms with Crippen LogP contribution in [0, 0.1) is 16.0 Å². The second-order valence-electron chi connectivity index (χ2n) is 6.22. The molecule has 0 bridgehead atoms. The zero-order chi connectivity index (χ0) is 19.6. The number of nitrogens with zero attached hydrogens (tertiary/aromatic N) is 3. The van der Waals surface area contributed by atoms with E-state index in [0.29, 0.717) is 19.7 Å². The highest BCUT2D eigenvalue weighted by molar-refractivity contribution is 5.80. The molecule has 148 valence electrons. The highest BCUT2D eigenvalue weighted by Crippen LogP contribution is 2.19. The van der Waals surface area contributed by atoms with Gasteiger partial charge in [0.2, 0.25) is 0 Å². The van der Waals surface area contributed by atoms with Crippen molar-refractivity contribution >= 4 is 23.3 Å². The number of ether oxygens (including phenoxy) is 1. The van der Waals surface area contributed by atoms with Gasteiger partial charge in [-0.25, -0.2) is 0 Å². The Labute approximate surface area is 158 Å². The summed E-state index contributed by atoms with van der Waals surface area (Å²) in [5.74, 6) is 0.679. The van der Waals surface area contributed by atoms with Gasteiger partial charge in [-0.1, -0.05) is 0 Å². The molecule has 0 aromatic heterocycles. The van der Waals surface area contributed by atoms with Crippen LogP contribution in [0.3, 0.4) is 0 Å². The molecule has 2 rings (SSSR count). The zero-order valence-electron chi connectivity index (χ0n) is 15.8. The van der Waals surface area contributed by atoms with Gasteiger partial charge in [-0.05, 0) is 31.9 Å². The molecule has 1 aromatic carbocycles. The summed E-state index contributed by atoms with van der Waals surface area (Å²) < 4.78 is 5.10. The fourth-order valence-electron chi connectivity index (χ4n) is 3.00. The minimum atomic E-state index is -0.416. The number of rotatable bonds is 7. The molecule has 1 aliphatic heterocycles. The molecule has 0 radical (unpaired) electrons. The summed E-state index contributed by atoms with van der Waals surface area (Å²) in [4.78, 5) is 28.5. The number of guanidine groups is 1. The number of anilines is 1. The second kappa shape index (κ2) is 10.3. The van der Waals surface area contributed by atoms with E-state index in [1.54, 1.807) is 19.2 Å². The number of hydrogen-bond acceptors (Lipinski definition) is 6. The summed E-state index contributed by atoms with van der Waals surface area (Å²) in [5, 5.41) is 17.2. The molecule has 2 N–H and O–H groups in total. The Morgan fingerprint density at radius 1 is 1.30 bits per heavy atom. The van der Waals surface area contributed by atoms with E-state index in [9.17, 15) is 14.9 Å². The molecule has 0 amide bonds. The molecule has 0 saturated carbocycles. The summed E-state index contributed by atoms with van der Waals surface area (Å²) in [6.45, 7) is 5.07. The largest absolute Gasteiger partial charge is 0.466 e. The quantitative estimate of drug-likeness (QED) is 0.186. The first-order valence-corrected chi connectivity index (χ1v) is 9.15. The predicted octanol–water partition coefficient (Wildman–Crippen LogP) is 1.86. The molecule has 1 aliphatic rings. The summed E-state index contributed by atoms with van der Waals surface area (Å²) in [7, 11) is 1.74. The van der Waals surface area contributed by atoms with Crippen molar-refractivity contribution in [3.8, 4) is 0 Å². The lowest BCUT2D eigenvalue weighted by atomic mass is 9.97. The number of likely N-dealkylation sites (tertiary alicyclic amines) is 1. The number of carbonyl (C=O) groups excluding carboxylic acids is 1. The number of hydrogen-bond donors (Lipinski definition) is 2. The van der Waals surface area contributed by atoms with Gasteiger partial charge in [0.15, 0.2) is 5.96 Å². The number of esters is 1. The lowest BCUT2D eigenvalue weighted by Gasteiger charge is -2.33. The van der Waals surface area contributed by atoms with Gasteiger partial charge in [-0.15, -0.1) is 0 Å². The van der Waals surface area contributed by atoms with Crippen LogP contribution in [0.2, 0.25) is 0 Å². The summed E-state index contributed by atoms with van der Waals surface area (Å²) >= 11 is 0. The number of benzene rings is 1. The summed E-state index contributed by atoms with van der Waals surface area (Å²) in [5.41, 5.74) is 0.901. The molecule has 0 atom stereocenters. The maximum absolute atomic E-state index is 11.8. The molecule has 27 heavy (non-hydrogen) atoms. The van der Waals surface area contributed by atoms with Crippen LogP contribution in [-0.2, 0) is 9.53 Å². The fraction of sp³-hybridized carbons (Fsp3) is 0.556. The molecule has 1 heterocycles. The van der Waals surface area contributed by atoms with E-state index in [1.807, 2.05) is 6.92 Å². The van der Waals surface area contributed by atoms with Crippen LogP contribution < -0.4 is 10.6 Å². The number of non-ortho nitro benzene ring substituents is 1. The highest BCUT2D eigenvalue weighted by atomic mass is 16.6. The average molecular weight is 377 g/mol. The van der Waals surface area contributed by atoms with Crippen molar-refractivity contribution < 1.29 is 14.5 Å². The molecule has 1 aromatic rings. The molecule has 1 fully saturated rings. The van der Waals surface area contributed by atoms with E-state index in [-0.39, 0.29) is 17.6 Å². The first-order chi connectivity index (χ1) is 13.0. The molecule has 0 spiro atoms. The van der Waals surface area contributed by atoms with Crippen molar-refractivity contribution in [1.29, 1.82) is 0 Å². The first kappa shape index (κ1) is 20.5. The molecule has 1 saturated heterocycles. The first-order valence-electron chi connectivity index (χ1n) is 9.15. The number of nitro benzene ring substituents is 1. The average Bonchev–Trinajstić information content (AvgIpc) is 2.69. The van der Waals surface area contributed by atoms with Crippen LogP contribution in [0.15, 0.2) is 29.3 Å². The van der Waals surface area contributed by atoms with Gasteiger partial charge in [0.1, 0.15) is 0 Å². The van der Waals surface area contributed by atoms with Crippen molar-refractivity contribution in [2.24, 2.45) is 10.9 Å². The SMILES string of the molecule is CCOC(=O)C1CCN(C(=NC)NCCNc2ccc([N+](=O)[O-])cc2)CC1. The summed E-state index contributed by atoms with van der Waals surface area (Å²) in [6, 6.07) is 6.32. The fourth-order valence-corrected chi connectivity index (χ4v) is 3.00. The predicted molar refractivity (Wildman–Crippen MR) is 104 cm³/mol. The maximum atomic E-state index is 11.8. The Hall–Kier alpha value is -2.84. The number of piperidine rings is 1. The van der Waals surface area contributed by atoms with Gasteiger partial charge in [0.05, 0.1) is 17.4 Å². The van der Waals surface area contributed by atoms with E-state index < -0.39 is 4.92 Å². The van der Waals surface area contributed by atoms with E-state index in [2.05, 4.69) is 20.5 Å². The third-order valence-corrected chi connectivity index (χ3v) is 4.44. The number of aliphatic imine (C=N–C) groups is 1. The van der Waals surface area contributed by atoms with Crippen LogP contribution in [0.25, 0.3) is 0 Å². The third-order valence-electron chi connectivity index (χ3n) is 4.44. The number of carbonyl (C=O) groups is 1. The molecular formula is C18H27N5O4. The highest BCUT2D eigenvalue weighted by Gasteiger charge is 2.27. The normalized spacial score (nSPS) is 15.3. The van der Waals surface area contributed by atoms with Crippen molar-refractivity contribution in [2.45, 2.75) is 19.8 Å². The van der Waals surface area contributed by atoms with Crippen molar-refractivity contribution in [3.63, 3.8) is 0 Å². The number of nitrogens with one attached hydrogen (secondary N) is 2. The molecule has 9 nitrogen and oxygen atoms in total. The van der Waals surface area contributed by atoms with Gasteiger partial charge in [-0.3, -0.25) is 19.9 Å². The smallest absolute Gasteiger partial charge is 0.309 e. The Bertz CT molecular complexity index is 654. The molecule has 0 aliphatic carbocycles. The van der Waals surface area contributed by atoms with Crippen molar-refractivity contribution in [2.75, 3.05) is 45.2 Å². The third kappa shape index (κ3) is 6.12. The second-order valence-corrected chi connectivity index (χ2v) is 6.22. The molecule has 9 heteroatoms. The Morgan fingerprint density at radius 3 is 2.52 bits per heavy atom. The minimum absolute atomic E-state index is 0.0249. The van der Waals surface area contributed by atoms with Crippen LogP contribution in [0.1, 0.15) is 19.8 Å². The molecular weight excluding hydrogens is 350 g/mol. The maximum Gasteiger partial charge on any atom is 0.309 e. The van der Waals surface area contributed by atoms with Crippen LogP contribution in [0.5, 0.6) is 0 Å².